The Morgan fingerprint density at radius 3 is 2.48 bits per heavy atom. The van der Waals surface area contributed by atoms with Gasteiger partial charge in [-0.1, -0.05) is 18.4 Å². The minimum absolute atomic E-state index is 0.0479. The summed E-state index contributed by atoms with van der Waals surface area (Å²) in [6.07, 6.45) is -1.11. The second kappa shape index (κ2) is 7.75. The SMILES string of the molecule is C=CC(=O)Nc1cnc2c(c1)c(C#Cc1ccc(C(F)(F)F)cc1)cn2C(F)F. The van der Waals surface area contributed by atoms with Crippen molar-refractivity contribution in [2.24, 2.45) is 0 Å². The van der Waals surface area contributed by atoms with Gasteiger partial charge in [-0.3, -0.25) is 9.36 Å². The van der Waals surface area contributed by atoms with Crippen LogP contribution < -0.4 is 5.32 Å². The molecule has 1 aromatic carbocycles. The van der Waals surface area contributed by atoms with Gasteiger partial charge in [-0.15, -0.1) is 0 Å². The summed E-state index contributed by atoms with van der Waals surface area (Å²) in [7, 11) is 0. The van der Waals surface area contributed by atoms with E-state index in [0.717, 1.165) is 24.4 Å². The molecule has 0 aliphatic rings. The number of anilines is 1. The average Bonchev–Trinajstić information content (AvgIpc) is 3.04. The summed E-state index contributed by atoms with van der Waals surface area (Å²) in [4.78, 5) is 15.4. The summed E-state index contributed by atoms with van der Waals surface area (Å²) in [5, 5.41) is 2.73. The Hall–Kier alpha value is -3.67. The smallest absolute Gasteiger partial charge is 0.321 e. The maximum absolute atomic E-state index is 13.3. The number of fused-ring (bicyclic) bond motifs is 1. The third kappa shape index (κ3) is 4.43. The first kappa shape index (κ1) is 20.1. The van der Waals surface area contributed by atoms with Crippen molar-refractivity contribution in [3.63, 3.8) is 0 Å². The molecule has 0 unspecified atom stereocenters. The van der Waals surface area contributed by atoms with Gasteiger partial charge in [0.05, 0.1) is 23.0 Å². The lowest BCUT2D eigenvalue weighted by Gasteiger charge is -2.05. The molecule has 0 bridgehead atoms. The van der Waals surface area contributed by atoms with Crippen molar-refractivity contribution in [2.75, 3.05) is 5.32 Å². The van der Waals surface area contributed by atoms with Crippen molar-refractivity contribution < 1.29 is 26.7 Å². The lowest BCUT2D eigenvalue weighted by Crippen LogP contribution is -2.07. The van der Waals surface area contributed by atoms with E-state index in [1.807, 2.05) is 0 Å². The zero-order valence-electron chi connectivity index (χ0n) is 14.6. The van der Waals surface area contributed by atoms with E-state index in [0.29, 0.717) is 4.57 Å². The van der Waals surface area contributed by atoms with Gasteiger partial charge >= 0.3 is 12.7 Å². The minimum atomic E-state index is -4.46. The summed E-state index contributed by atoms with van der Waals surface area (Å²) in [5.41, 5.74) is -0.146. The van der Waals surface area contributed by atoms with Crippen molar-refractivity contribution in [3.8, 4) is 11.8 Å². The van der Waals surface area contributed by atoms with Crippen molar-refractivity contribution in [1.82, 2.24) is 9.55 Å². The summed E-state index contributed by atoms with van der Waals surface area (Å²) in [5.74, 6) is 4.82. The molecular weight excluding hydrogens is 393 g/mol. The second-order valence-corrected chi connectivity index (χ2v) is 5.84. The number of hydrogen-bond acceptors (Lipinski definition) is 2. The average molecular weight is 405 g/mol. The lowest BCUT2D eigenvalue weighted by molar-refractivity contribution is -0.137. The molecule has 0 aliphatic carbocycles. The fourth-order valence-corrected chi connectivity index (χ4v) is 2.52. The molecule has 148 valence electrons. The van der Waals surface area contributed by atoms with Crippen molar-refractivity contribution >= 4 is 22.6 Å². The number of pyridine rings is 1. The maximum Gasteiger partial charge on any atom is 0.416 e. The number of nitrogens with zero attached hydrogens (tertiary/aromatic N) is 2. The molecule has 0 spiro atoms. The van der Waals surface area contributed by atoms with E-state index in [4.69, 9.17) is 0 Å². The van der Waals surface area contributed by atoms with Gasteiger partial charge in [-0.25, -0.2) is 4.98 Å². The predicted octanol–water partition coefficient (Wildman–Crippen LogP) is 4.97. The molecule has 3 aromatic rings. The Labute approximate surface area is 161 Å². The highest BCUT2D eigenvalue weighted by Crippen LogP contribution is 2.29. The van der Waals surface area contributed by atoms with E-state index in [-0.39, 0.29) is 27.8 Å². The molecule has 0 atom stereocenters. The van der Waals surface area contributed by atoms with Crippen LogP contribution in [0.3, 0.4) is 0 Å². The number of carbonyl (C=O) groups is 1. The monoisotopic (exact) mass is 405 g/mol. The zero-order chi connectivity index (χ0) is 21.2. The van der Waals surface area contributed by atoms with Gasteiger partial charge in [-0.2, -0.15) is 22.0 Å². The van der Waals surface area contributed by atoms with Crippen molar-refractivity contribution in [1.29, 1.82) is 0 Å². The highest BCUT2D eigenvalue weighted by atomic mass is 19.4. The molecule has 0 saturated carbocycles. The summed E-state index contributed by atoms with van der Waals surface area (Å²) in [6.45, 7) is 0.445. The van der Waals surface area contributed by atoms with Gasteiger partial charge < -0.3 is 5.32 Å². The lowest BCUT2D eigenvalue weighted by atomic mass is 10.1. The van der Waals surface area contributed by atoms with Crippen LogP contribution in [0, 0.1) is 11.8 Å². The zero-order valence-corrected chi connectivity index (χ0v) is 14.6. The number of benzene rings is 1. The third-order valence-corrected chi connectivity index (χ3v) is 3.89. The molecule has 9 heteroatoms. The summed E-state index contributed by atoms with van der Waals surface area (Å²) < 4.78 is 65.0. The molecule has 2 aromatic heterocycles. The molecular formula is C20H12F5N3O. The van der Waals surface area contributed by atoms with Crippen LogP contribution in [0.2, 0.25) is 0 Å². The topological polar surface area (TPSA) is 46.9 Å². The number of amides is 1. The van der Waals surface area contributed by atoms with Crippen LogP contribution in [-0.2, 0) is 11.0 Å². The Balaban J connectivity index is 2.02. The molecule has 0 aliphatic heterocycles. The Morgan fingerprint density at radius 2 is 1.90 bits per heavy atom. The molecule has 1 N–H and O–H groups in total. The first-order valence-corrected chi connectivity index (χ1v) is 8.10. The number of nitrogens with one attached hydrogen (secondary N) is 1. The van der Waals surface area contributed by atoms with Gasteiger partial charge in [0.15, 0.2) is 0 Å². The quantitative estimate of drug-likeness (QED) is 0.380. The van der Waals surface area contributed by atoms with E-state index in [2.05, 4.69) is 28.7 Å². The number of carbonyl (C=O) groups excluding carboxylic acids is 1. The normalized spacial score (nSPS) is 11.2. The molecule has 3 rings (SSSR count). The fourth-order valence-electron chi connectivity index (χ4n) is 2.52. The third-order valence-electron chi connectivity index (χ3n) is 3.89. The van der Waals surface area contributed by atoms with Crippen LogP contribution in [0.25, 0.3) is 11.0 Å². The number of rotatable bonds is 3. The Kier molecular flexibility index (Phi) is 5.37. The Morgan fingerprint density at radius 1 is 1.21 bits per heavy atom. The number of hydrogen-bond donors (Lipinski definition) is 1. The van der Waals surface area contributed by atoms with E-state index >= 15 is 0 Å². The van der Waals surface area contributed by atoms with Crippen LogP contribution in [-0.4, -0.2) is 15.5 Å². The first-order valence-electron chi connectivity index (χ1n) is 8.10. The van der Waals surface area contributed by atoms with E-state index < -0.39 is 24.2 Å². The minimum Gasteiger partial charge on any atom is -0.321 e. The molecule has 2 heterocycles. The van der Waals surface area contributed by atoms with Gasteiger partial charge in [0.1, 0.15) is 5.65 Å². The molecule has 0 radical (unpaired) electrons. The van der Waals surface area contributed by atoms with Crippen LogP contribution in [0.4, 0.5) is 27.6 Å². The molecule has 0 saturated heterocycles. The highest BCUT2D eigenvalue weighted by Gasteiger charge is 2.29. The number of aromatic nitrogens is 2. The van der Waals surface area contributed by atoms with Crippen LogP contribution >= 0.6 is 0 Å². The second-order valence-electron chi connectivity index (χ2n) is 5.84. The molecule has 0 fully saturated rings. The van der Waals surface area contributed by atoms with Crippen LogP contribution in [0.5, 0.6) is 0 Å². The largest absolute Gasteiger partial charge is 0.416 e. The van der Waals surface area contributed by atoms with Gasteiger partial charge in [0.2, 0.25) is 5.91 Å². The van der Waals surface area contributed by atoms with E-state index in [1.54, 1.807) is 0 Å². The predicted molar refractivity (Wildman–Crippen MR) is 97.2 cm³/mol. The van der Waals surface area contributed by atoms with Crippen molar-refractivity contribution in [2.45, 2.75) is 12.7 Å². The molecule has 1 amide bonds. The summed E-state index contributed by atoms with van der Waals surface area (Å²) in [6, 6.07) is 5.58. The van der Waals surface area contributed by atoms with Gasteiger partial charge in [-0.05, 0) is 36.4 Å². The van der Waals surface area contributed by atoms with Crippen LogP contribution in [0.15, 0.2) is 55.4 Å². The maximum atomic E-state index is 13.3. The summed E-state index contributed by atoms with van der Waals surface area (Å²) >= 11 is 0. The first-order chi connectivity index (χ1) is 13.7. The highest BCUT2D eigenvalue weighted by molar-refractivity contribution is 6.00. The Bertz CT molecular complexity index is 1140. The number of halogens is 5. The van der Waals surface area contributed by atoms with Gasteiger partial charge in [0.25, 0.3) is 0 Å². The fraction of sp³-hybridized carbons (Fsp3) is 0.100. The number of alkyl halides is 5. The molecule has 4 nitrogen and oxygen atoms in total. The van der Waals surface area contributed by atoms with Gasteiger partial charge in [0, 0.05) is 17.1 Å². The van der Waals surface area contributed by atoms with E-state index in [1.165, 1.54) is 24.4 Å². The standard InChI is InChI=1S/C20H12F5N3O/c1-2-17(29)27-15-9-16-13(11-28(19(21)22)18(16)26-10-15)6-3-12-4-7-14(8-5-12)20(23,24)25/h2,4-5,7-11,19H,1H2,(H,27,29). The molecule has 29 heavy (non-hydrogen) atoms. The van der Waals surface area contributed by atoms with Crippen molar-refractivity contribution in [3.05, 3.63) is 72.1 Å². The van der Waals surface area contributed by atoms with Crippen LogP contribution in [0.1, 0.15) is 23.2 Å². The van der Waals surface area contributed by atoms with E-state index in [9.17, 15) is 26.7 Å².